The summed E-state index contributed by atoms with van der Waals surface area (Å²) in [4.78, 5) is 0. The minimum atomic E-state index is -0.971. The van der Waals surface area contributed by atoms with Crippen molar-refractivity contribution in [3.8, 4) is 0 Å². The molecule has 1 aliphatic carbocycles. The van der Waals surface area contributed by atoms with Crippen molar-refractivity contribution in [2.24, 2.45) is 5.92 Å². The van der Waals surface area contributed by atoms with Gasteiger partial charge in [-0.05, 0) is 24.3 Å². The third kappa shape index (κ3) is 5.15. The maximum absolute atomic E-state index is 2.44. The van der Waals surface area contributed by atoms with E-state index in [0.29, 0.717) is 0 Å². The predicted octanol–water partition coefficient (Wildman–Crippen LogP) is 5.41. The predicted molar refractivity (Wildman–Crippen MR) is 77.6 cm³/mol. The Hall–Kier alpha value is -0.303. The summed E-state index contributed by atoms with van der Waals surface area (Å²) in [6.07, 6.45) is 16.5. The molecule has 0 nitrogen and oxygen atoms in total. The quantitative estimate of drug-likeness (QED) is 0.452. The summed E-state index contributed by atoms with van der Waals surface area (Å²) < 4.78 is 0. The minimum Gasteiger partial charge on any atom is -0.0844 e. The fourth-order valence-corrected chi connectivity index (χ4v) is 2.76. The third-order valence-electron chi connectivity index (χ3n) is 3.91. The number of allylic oxidation sites excluding steroid dienone is 4. The monoisotopic (exact) mass is 236 g/mol. The van der Waals surface area contributed by atoms with E-state index in [0.717, 1.165) is 11.5 Å². The molecule has 0 unspecified atom stereocenters. The van der Waals surface area contributed by atoms with Crippen LogP contribution in [0.1, 0.15) is 39.0 Å². The highest BCUT2D eigenvalue weighted by molar-refractivity contribution is 6.77. The van der Waals surface area contributed by atoms with Gasteiger partial charge in [-0.1, -0.05) is 70.1 Å². The lowest BCUT2D eigenvalue weighted by Crippen LogP contribution is -2.24. The van der Waals surface area contributed by atoms with Gasteiger partial charge in [0.25, 0.3) is 0 Å². The zero-order valence-electron chi connectivity index (χ0n) is 11.5. The summed E-state index contributed by atoms with van der Waals surface area (Å²) in [5.41, 5.74) is 0.781. The standard InChI is InChI=1S/C15H28Si/c1-14(16(2,3)4)10-8-9-13-15-11-6-5-7-12-15/h8-10,13-15H,5-7,11-12H2,1-4H3/b10-8-,13-9-/t14-/m0/s1. The molecule has 1 rings (SSSR count). The maximum atomic E-state index is 2.44. The maximum Gasteiger partial charge on any atom is 0.0510 e. The van der Waals surface area contributed by atoms with Crippen LogP contribution in [0.4, 0.5) is 0 Å². The largest absolute Gasteiger partial charge is 0.0844 e. The molecule has 0 amide bonds. The third-order valence-corrected chi connectivity index (χ3v) is 6.83. The van der Waals surface area contributed by atoms with Crippen LogP contribution < -0.4 is 0 Å². The molecule has 1 saturated carbocycles. The fourth-order valence-electron chi connectivity index (χ4n) is 2.07. The van der Waals surface area contributed by atoms with Gasteiger partial charge in [-0.2, -0.15) is 0 Å². The Bertz CT molecular complexity index is 239. The topological polar surface area (TPSA) is 0 Å². The van der Waals surface area contributed by atoms with Crippen molar-refractivity contribution < 1.29 is 0 Å². The molecule has 1 aliphatic rings. The molecular weight excluding hydrogens is 208 g/mol. The van der Waals surface area contributed by atoms with Gasteiger partial charge in [-0.25, -0.2) is 0 Å². The fraction of sp³-hybridized carbons (Fsp3) is 0.733. The highest BCUT2D eigenvalue weighted by Crippen LogP contribution is 2.25. The molecule has 1 fully saturated rings. The Morgan fingerprint density at radius 2 is 1.62 bits per heavy atom. The average molecular weight is 236 g/mol. The second-order valence-electron chi connectivity index (χ2n) is 6.32. The van der Waals surface area contributed by atoms with Gasteiger partial charge in [0.15, 0.2) is 0 Å². The molecule has 0 heterocycles. The molecule has 0 spiro atoms. The second kappa shape index (κ2) is 6.44. The SMILES string of the molecule is C[C@@H](/C=C\C=C/C1CCCCC1)[Si](C)(C)C. The van der Waals surface area contributed by atoms with E-state index in [9.17, 15) is 0 Å². The van der Waals surface area contributed by atoms with Gasteiger partial charge >= 0.3 is 0 Å². The smallest absolute Gasteiger partial charge is 0.0510 e. The summed E-state index contributed by atoms with van der Waals surface area (Å²) in [5, 5.41) is 0. The van der Waals surface area contributed by atoms with Crippen molar-refractivity contribution in [1.82, 2.24) is 0 Å². The molecule has 0 aromatic rings. The van der Waals surface area contributed by atoms with E-state index >= 15 is 0 Å². The van der Waals surface area contributed by atoms with E-state index in [1.54, 1.807) is 0 Å². The first kappa shape index (κ1) is 13.8. The van der Waals surface area contributed by atoms with Crippen LogP contribution in [-0.2, 0) is 0 Å². The first-order valence-corrected chi connectivity index (χ1v) is 10.4. The first-order chi connectivity index (χ1) is 7.50. The molecule has 1 atom stereocenters. The van der Waals surface area contributed by atoms with E-state index in [1.165, 1.54) is 32.1 Å². The number of rotatable bonds is 4. The zero-order valence-corrected chi connectivity index (χ0v) is 12.5. The summed E-state index contributed by atoms with van der Waals surface area (Å²) >= 11 is 0. The van der Waals surface area contributed by atoms with Gasteiger partial charge in [-0.3, -0.25) is 0 Å². The Kier molecular flexibility index (Phi) is 5.54. The van der Waals surface area contributed by atoms with E-state index in [2.05, 4.69) is 50.9 Å². The molecule has 0 radical (unpaired) electrons. The Morgan fingerprint density at radius 3 is 2.19 bits per heavy atom. The average Bonchev–Trinajstić information content (AvgIpc) is 2.24. The van der Waals surface area contributed by atoms with Gasteiger partial charge in [0.1, 0.15) is 0 Å². The zero-order chi connectivity index (χ0) is 12.0. The van der Waals surface area contributed by atoms with Gasteiger partial charge in [-0.15, -0.1) is 0 Å². The van der Waals surface area contributed by atoms with Crippen molar-refractivity contribution in [3.63, 3.8) is 0 Å². The van der Waals surface area contributed by atoms with Crippen LogP contribution >= 0.6 is 0 Å². The number of hydrogen-bond acceptors (Lipinski definition) is 0. The lowest BCUT2D eigenvalue weighted by atomic mass is 9.89. The summed E-state index contributed by atoms with van der Waals surface area (Å²) in [6, 6.07) is 0. The Morgan fingerprint density at radius 1 is 1.00 bits per heavy atom. The lowest BCUT2D eigenvalue weighted by Gasteiger charge is -2.21. The molecule has 16 heavy (non-hydrogen) atoms. The van der Waals surface area contributed by atoms with Crippen LogP contribution in [0, 0.1) is 5.92 Å². The van der Waals surface area contributed by atoms with E-state index in [1.807, 2.05) is 0 Å². The summed E-state index contributed by atoms with van der Waals surface area (Å²) in [6.45, 7) is 9.67. The van der Waals surface area contributed by atoms with Crippen molar-refractivity contribution in [3.05, 3.63) is 24.3 Å². The van der Waals surface area contributed by atoms with Gasteiger partial charge in [0, 0.05) is 0 Å². The van der Waals surface area contributed by atoms with Crippen LogP contribution in [0.5, 0.6) is 0 Å². The number of hydrogen-bond donors (Lipinski definition) is 0. The van der Waals surface area contributed by atoms with Crippen molar-refractivity contribution in [1.29, 1.82) is 0 Å². The normalized spacial score (nSPS) is 22.0. The highest BCUT2D eigenvalue weighted by atomic mass is 28.3. The molecule has 0 aliphatic heterocycles. The van der Waals surface area contributed by atoms with Crippen LogP contribution in [0.25, 0.3) is 0 Å². The summed E-state index contributed by atoms with van der Waals surface area (Å²) in [5.74, 6) is 0.862. The molecule has 0 N–H and O–H groups in total. The van der Waals surface area contributed by atoms with Crippen LogP contribution in [0.2, 0.25) is 25.2 Å². The van der Waals surface area contributed by atoms with Crippen molar-refractivity contribution in [2.75, 3.05) is 0 Å². The summed E-state index contributed by atoms with van der Waals surface area (Å²) in [7, 11) is -0.971. The van der Waals surface area contributed by atoms with Gasteiger partial charge < -0.3 is 0 Å². The highest BCUT2D eigenvalue weighted by Gasteiger charge is 2.19. The second-order valence-corrected chi connectivity index (χ2v) is 12.0. The molecule has 0 aromatic carbocycles. The van der Waals surface area contributed by atoms with E-state index < -0.39 is 8.07 Å². The van der Waals surface area contributed by atoms with Crippen LogP contribution in [0.15, 0.2) is 24.3 Å². The van der Waals surface area contributed by atoms with Gasteiger partial charge in [0.05, 0.1) is 8.07 Å². The van der Waals surface area contributed by atoms with E-state index in [4.69, 9.17) is 0 Å². The first-order valence-electron chi connectivity index (χ1n) is 6.85. The molecule has 0 aromatic heterocycles. The molecule has 1 heteroatoms. The van der Waals surface area contributed by atoms with Gasteiger partial charge in [0.2, 0.25) is 0 Å². The van der Waals surface area contributed by atoms with E-state index in [-0.39, 0.29) is 0 Å². The Balaban J connectivity index is 2.32. The molecular formula is C15H28Si. The minimum absolute atomic E-state index is 0.781. The van der Waals surface area contributed by atoms with Crippen LogP contribution in [-0.4, -0.2) is 8.07 Å². The van der Waals surface area contributed by atoms with Crippen molar-refractivity contribution in [2.45, 2.75) is 64.2 Å². The molecule has 0 saturated heterocycles. The lowest BCUT2D eigenvalue weighted by molar-refractivity contribution is 0.419. The Labute approximate surface area is 103 Å². The van der Waals surface area contributed by atoms with Crippen molar-refractivity contribution >= 4 is 8.07 Å². The molecule has 0 bridgehead atoms. The van der Waals surface area contributed by atoms with Crippen LogP contribution in [0.3, 0.4) is 0 Å². The molecule has 92 valence electrons.